The van der Waals surface area contributed by atoms with Crippen molar-refractivity contribution in [3.63, 3.8) is 0 Å². The number of amides is 1. The summed E-state index contributed by atoms with van der Waals surface area (Å²) < 4.78 is 0. The van der Waals surface area contributed by atoms with Gasteiger partial charge in [-0.05, 0) is 37.3 Å². The minimum atomic E-state index is -0.157. The Morgan fingerprint density at radius 3 is 2.64 bits per heavy atom. The molecule has 0 spiro atoms. The van der Waals surface area contributed by atoms with Gasteiger partial charge >= 0.3 is 0 Å². The summed E-state index contributed by atoms with van der Waals surface area (Å²) in [5.74, 6) is 1.96. The van der Waals surface area contributed by atoms with E-state index in [0.717, 1.165) is 32.4 Å². The van der Waals surface area contributed by atoms with Gasteiger partial charge in [-0.2, -0.15) is 0 Å². The highest BCUT2D eigenvalue weighted by Crippen LogP contribution is 2.40. The van der Waals surface area contributed by atoms with Gasteiger partial charge in [-0.25, -0.2) is 4.98 Å². The lowest BCUT2D eigenvalue weighted by Gasteiger charge is -2.31. The van der Waals surface area contributed by atoms with Crippen molar-refractivity contribution in [2.45, 2.75) is 32.1 Å². The molecular formula is C19H22N4O2. The summed E-state index contributed by atoms with van der Waals surface area (Å²) in [6.07, 6.45) is 4.39. The van der Waals surface area contributed by atoms with Crippen molar-refractivity contribution in [3.8, 4) is 11.4 Å². The summed E-state index contributed by atoms with van der Waals surface area (Å²) >= 11 is 0. The van der Waals surface area contributed by atoms with Crippen LogP contribution in [0.1, 0.15) is 37.9 Å². The lowest BCUT2D eigenvalue weighted by molar-refractivity contribution is -0.133. The number of hydrogen-bond acceptors (Lipinski definition) is 4. The summed E-state index contributed by atoms with van der Waals surface area (Å²) in [4.78, 5) is 38.2. The van der Waals surface area contributed by atoms with Crippen molar-refractivity contribution in [3.05, 3.63) is 46.6 Å². The SMILES string of the molecule is CC1CC1C(=O)N1CCC(c2nc(-c3ccccn3)cc(=O)[nH]2)CC1. The van der Waals surface area contributed by atoms with Gasteiger partial charge in [0.2, 0.25) is 5.91 Å². The van der Waals surface area contributed by atoms with Crippen LogP contribution in [0.15, 0.2) is 35.3 Å². The first-order chi connectivity index (χ1) is 12.1. The lowest BCUT2D eigenvalue weighted by atomic mass is 9.95. The van der Waals surface area contributed by atoms with E-state index in [1.165, 1.54) is 6.07 Å². The lowest BCUT2D eigenvalue weighted by Crippen LogP contribution is -2.39. The van der Waals surface area contributed by atoms with E-state index in [1.807, 2.05) is 23.1 Å². The van der Waals surface area contributed by atoms with Crippen LogP contribution in [0.25, 0.3) is 11.4 Å². The number of hydrogen-bond donors (Lipinski definition) is 1. The largest absolute Gasteiger partial charge is 0.342 e. The molecule has 1 aliphatic heterocycles. The Morgan fingerprint density at radius 1 is 1.24 bits per heavy atom. The van der Waals surface area contributed by atoms with Crippen LogP contribution < -0.4 is 5.56 Å². The third-order valence-corrected chi connectivity index (χ3v) is 5.31. The highest BCUT2D eigenvalue weighted by Gasteiger charge is 2.42. The van der Waals surface area contributed by atoms with Gasteiger partial charge in [0.15, 0.2) is 0 Å². The molecule has 2 aromatic heterocycles. The van der Waals surface area contributed by atoms with Crippen molar-refractivity contribution in [1.29, 1.82) is 0 Å². The first kappa shape index (κ1) is 16.0. The van der Waals surface area contributed by atoms with Crippen molar-refractivity contribution in [2.75, 3.05) is 13.1 Å². The standard InChI is InChI=1S/C19H22N4O2/c1-12-10-14(12)19(25)23-8-5-13(6-9-23)18-21-16(11-17(24)22-18)15-4-2-3-7-20-15/h2-4,7,11-14H,5-6,8-10H2,1H3,(H,21,22,24). The predicted octanol–water partition coefficient (Wildman–Crippen LogP) is 2.19. The highest BCUT2D eigenvalue weighted by molar-refractivity contribution is 5.81. The van der Waals surface area contributed by atoms with Gasteiger partial charge < -0.3 is 9.88 Å². The molecular weight excluding hydrogens is 316 g/mol. The van der Waals surface area contributed by atoms with E-state index in [2.05, 4.69) is 21.9 Å². The van der Waals surface area contributed by atoms with E-state index < -0.39 is 0 Å². The summed E-state index contributed by atoms with van der Waals surface area (Å²) in [5, 5.41) is 0. The molecule has 2 unspecified atom stereocenters. The van der Waals surface area contributed by atoms with Crippen LogP contribution in [0, 0.1) is 11.8 Å². The topological polar surface area (TPSA) is 79.0 Å². The molecule has 3 heterocycles. The number of aromatic amines is 1. The van der Waals surface area contributed by atoms with Gasteiger partial charge in [-0.1, -0.05) is 13.0 Å². The second-order valence-corrected chi connectivity index (χ2v) is 7.15. The van der Waals surface area contributed by atoms with Crippen LogP contribution in [0.2, 0.25) is 0 Å². The number of carbonyl (C=O) groups is 1. The summed E-state index contributed by atoms with van der Waals surface area (Å²) in [6.45, 7) is 3.61. The van der Waals surface area contributed by atoms with Crippen molar-refractivity contribution in [2.24, 2.45) is 11.8 Å². The average molecular weight is 338 g/mol. The van der Waals surface area contributed by atoms with Gasteiger partial charge in [0, 0.05) is 37.2 Å². The first-order valence-corrected chi connectivity index (χ1v) is 8.93. The molecule has 1 saturated heterocycles. The maximum atomic E-state index is 12.4. The Bertz CT molecular complexity index is 825. The third kappa shape index (κ3) is 3.34. The molecule has 6 nitrogen and oxygen atoms in total. The molecule has 2 atom stereocenters. The molecule has 1 N–H and O–H groups in total. The molecule has 1 aliphatic carbocycles. The zero-order chi connectivity index (χ0) is 17.4. The molecule has 1 amide bonds. The van der Waals surface area contributed by atoms with Gasteiger partial charge in [0.1, 0.15) is 5.82 Å². The van der Waals surface area contributed by atoms with Crippen LogP contribution in [0.4, 0.5) is 0 Å². The zero-order valence-electron chi connectivity index (χ0n) is 14.3. The zero-order valence-corrected chi connectivity index (χ0v) is 14.3. The van der Waals surface area contributed by atoms with Crippen LogP contribution in [-0.2, 0) is 4.79 Å². The van der Waals surface area contributed by atoms with Gasteiger partial charge in [-0.3, -0.25) is 14.6 Å². The van der Waals surface area contributed by atoms with Crippen molar-refractivity contribution < 1.29 is 4.79 Å². The fourth-order valence-electron chi connectivity index (χ4n) is 3.59. The maximum absolute atomic E-state index is 12.4. The second kappa shape index (κ2) is 6.43. The van der Waals surface area contributed by atoms with E-state index in [9.17, 15) is 9.59 Å². The van der Waals surface area contributed by atoms with Crippen LogP contribution in [0.3, 0.4) is 0 Å². The Kier molecular flexibility index (Phi) is 4.11. The van der Waals surface area contributed by atoms with Crippen LogP contribution in [0.5, 0.6) is 0 Å². The van der Waals surface area contributed by atoms with E-state index in [4.69, 9.17) is 0 Å². The molecule has 0 radical (unpaired) electrons. The Morgan fingerprint density at radius 2 is 2.00 bits per heavy atom. The molecule has 2 aliphatic rings. The summed E-state index contributed by atoms with van der Waals surface area (Å²) in [5.41, 5.74) is 1.14. The van der Waals surface area contributed by atoms with Gasteiger partial charge in [0.05, 0.1) is 11.4 Å². The fraction of sp³-hybridized carbons (Fsp3) is 0.474. The van der Waals surface area contributed by atoms with Gasteiger partial charge in [-0.15, -0.1) is 0 Å². The normalized spacial score (nSPS) is 23.5. The molecule has 25 heavy (non-hydrogen) atoms. The van der Waals surface area contributed by atoms with Crippen LogP contribution >= 0.6 is 0 Å². The molecule has 1 saturated carbocycles. The van der Waals surface area contributed by atoms with E-state index >= 15 is 0 Å². The fourth-order valence-corrected chi connectivity index (χ4v) is 3.59. The minimum absolute atomic E-state index is 0.157. The number of piperidine rings is 1. The second-order valence-electron chi connectivity index (χ2n) is 7.15. The molecule has 2 fully saturated rings. The Balaban J connectivity index is 1.49. The van der Waals surface area contributed by atoms with E-state index in [-0.39, 0.29) is 17.4 Å². The Labute approximate surface area is 146 Å². The molecule has 6 heteroatoms. The number of carbonyl (C=O) groups excluding carboxylic acids is 1. The summed E-state index contributed by atoms with van der Waals surface area (Å²) in [6, 6.07) is 7.06. The third-order valence-electron chi connectivity index (χ3n) is 5.31. The molecule has 2 aromatic rings. The van der Waals surface area contributed by atoms with Gasteiger partial charge in [0.25, 0.3) is 5.56 Å². The number of likely N-dealkylation sites (tertiary alicyclic amines) is 1. The molecule has 0 aromatic carbocycles. The molecule has 4 rings (SSSR count). The minimum Gasteiger partial charge on any atom is -0.342 e. The number of H-pyrrole nitrogens is 1. The number of aromatic nitrogens is 3. The van der Waals surface area contributed by atoms with E-state index in [0.29, 0.717) is 29.0 Å². The number of nitrogens with zero attached hydrogens (tertiary/aromatic N) is 3. The van der Waals surface area contributed by atoms with Crippen LogP contribution in [-0.4, -0.2) is 38.8 Å². The average Bonchev–Trinajstić information content (AvgIpc) is 3.38. The summed E-state index contributed by atoms with van der Waals surface area (Å²) in [7, 11) is 0. The maximum Gasteiger partial charge on any atom is 0.251 e. The quantitative estimate of drug-likeness (QED) is 0.930. The highest BCUT2D eigenvalue weighted by atomic mass is 16.2. The monoisotopic (exact) mass is 338 g/mol. The van der Waals surface area contributed by atoms with Crippen molar-refractivity contribution >= 4 is 5.91 Å². The number of nitrogens with one attached hydrogen (secondary N) is 1. The molecule has 0 bridgehead atoms. The molecule has 130 valence electrons. The predicted molar refractivity (Wildman–Crippen MR) is 93.9 cm³/mol. The van der Waals surface area contributed by atoms with Crippen molar-refractivity contribution in [1.82, 2.24) is 19.9 Å². The first-order valence-electron chi connectivity index (χ1n) is 8.93. The number of pyridine rings is 1. The number of rotatable bonds is 3. The Hall–Kier alpha value is -2.50. The van der Waals surface area contributed by atoms with E-state index in [1.54, 1.807) is 6.20 Å². The smallest absolute Gasteiger partial charge is 0.251 e.